The predicted molar refractivity (Wildman–Crippen MR) is 95.2 cm³/mol. The number of benzene rings is 1. The van der Waals surface area contributed by atoms with Gasteiger partial charge in [-0.3, -0.25) is 4.72 Å². The third-order valence-electron chi connectivity index (χ3n) is 3.84. The van der Waals surface area contributed by atoms with Crippen molar-refractivity contribution in [3.8, 4) is 17.4 Å². The van der Waals surface area contributed by atoms with Gasteiger partial charge in [-0.05, 0) is 31.2 Å². The summed E-state index contributed by atoms with van der Waals surface area (Å²) in [6.07, 6.45) is 4.14. The number of rotatable bonds is 4. The normalized spacial score (nSPS) is 11.4. The molecule has 1 aromatic carbocycles. The number of oxazole rings is 1. The number of aryl methyl sites for hydroxylation is 1. The van der Waals surface area contributed by atoms with Crippen LogP contribution in [0, 0.1) is 18.3 Å². The third kappa shape index (κ3) is 3.00. The molecule has 0 fully saturated rings. The van der Waals surface area contributed by atoms with Crippen molar-refractivity contribution >= 4 is 21.5 Å². The van der Waals surface area contributed by atoms with Crippen molar-refractivity contribution in [3.05, 3.63) is 60.4 Å². The molecular formula is C17H12N6O3S. The van der Waals surface area contributed by atoms with Crippen LogP contribution in [-0.2, 0) is 10.0 Å². The van der Waals surface area contributed by atoms with E-state index in [2.05, 4.69) is 19.8 Å². The van der Waals surface area contributed by atoms with Gasteiger partial charge in [-0.1, -0.05) is 0 Å². The van der Waals surface area contributed by atoms with Gasteiger partial charge in [-0.25, -0.2) is 18.4 Å². The molecule has 0 aliphatic carbocycles. The van der Waals surface area contributed by atoms with Gasteiger partial charge in [0.15, 0.2) is 23.6 Å². The highest BCUT2D eigenvalue weighted by Gasteiger charge is 2.20. The Labute approximate surface area is 154 Å². The molecule has 0 amide bonds. The average Bonchev–Trinajstić information content (AvgIpc) is 3.31. The van der Waals surface area contributed by atoms with Crippen LogP contribution >= 0.6 is 0 Å². The standard InChI is InChI=1S/C17H12N6O3S/c1-11-6-16-20-8-13(7-18)17(23(16)21-11)22-27(24,25)14-4-2-12(3-5-14)15-9-19-10-26-15/h2-6,8-10,22H,1H3. The Balaban J connectivity index is 1.74. The SMILES string of the molecule is Cc1cc2ncc(C#N)c(NS(=O)(=O)c3ccc(-c4cnco4)cc3)n2n1. The highest BCUT2D eigenvalue weighted by molar-refractivity contribution is 7.92. The van der Waals surface area contributed by atoms with Crippen LogP contribution in [0.1, 0.15) is 11.3 Å². The van der Waals surface area contributed by atoms with Gasteiger partial charge in [0.25, 0.3) is 10.0 Å². The Hall–Kier alpha value is -3.71. The molecule has 0 saturated carbocycles. The number of sulfonamides is 1. The molecule has 10 heteroatoms. The minimum absolute atomic E-state index is 0.0310. The van der Waals surface area contributed by atoms with Crippen LogP contribution in [0.5, 0.6) is 0 Å². The summed E-state index contributed by atoms with van der Waals surface area (Å²) in [6, 6.07) is 9.72. The lowest BCUT2D eigenvalue weighted by Crippen LogP contribution is -2.17. The maximum absolute atomic E-state index is 12.8. The number of hydrogen-bond donors (Lipinski definition) is 1. The van der Waals surface area contributed by atoms with Crippen LogP contribution in [0.15, 0.2) is 58.4 Å². The fraction of sp³-hybridized carbons (Fsp3) is 0.0588. The van der Waals surface area contributed by atoms with Crippen LogP contribution < -0.4 is 4.72 Å². The molecule has 0 unspecified atom stereocenters. The first-order chi connectivity index (χ1) is 13.0. The molecule has 3 aromatic heterocycles. The summed E-state index contributed by atoms with van der Waals surface area (Å²) < 4.78 is 34.5. The van der Waals surface area contributed by atoms with E-state index >= 15 is 0 Å². The van der Waals surface area contributed by atoms with Crippen molar-refractivity contribution in [2.75, 3.05) is 4.72 Å². The Morgan fingerprint density at radius 2 is 2.00 bits per heavy atom. The van der Waals surface area contributed by atoms with E-state index in [-0.39, 0.29) is 16.3 Å². The minimum Gasteiger partial charge on any atom is -0.444 e. The number of nitrogens with one attached hydrogen (secondary N) is 1. The number of nitriles is 1. The second-order valence-corrected chi connectivity index (χ2v) is 7.37. The summed E-state index contributed by atoms with van der Waals surface area (Å²) in [5, 5.41) is 13.5. The minimum atomic E-state index is -3.95. The average molecular weight is 380 g/mol. The zero-order valence-electron chi connectivity index (χ0n) is 14.0. The van der Waals surface area contributed by atoms with Crippen molar-refractivity contribution in [1.29, 1.82) is 5.26 Å². The van der Waals surface area contributed by atoms with Crippen molar-refractivity contribution in [3.63, 3.8) is 0 Å². The molecule has 1 N–H and O–H groups in total. The van der Waals surface area contributed by atoms with Gasteiger partial charge < -0.3 is 4.42 Å². The molecular weight excluding hydrogens is 368 g/mol. The molecule has 0 radical (unpaired) electrons. The molecule has 0 spiro atoms. The molecule has 4 rings (SSSR count). The van der Waals surface area contributed by atoms with Gasteiger partial charge >= 0.3 is 0 Å². The molecule has 3 heterocycles. The lowest BCUT2D eigenvalue weighted by atomic mass is 10.2. The van der Waals surface area contributed by atoms with E-state index in [4.69, 9.17) is 4.42 Å². The molecule has 0 aliphatic rings. The summed E-state index contributed by atoms with van der Waals surface area (Å²) >= 11 is 0. The first-order valence-corrected chi connectivity index (χ1v) is 9.23. The molecule has 0 atom stereocenters. The second kappa shape index (κ2) is 6.22. The monoisotopic (exact) mass is 380 g/mol. The summed E-state index contributed by atoms with van der Waals surface area (Å²) in [4.78, 5) is 7.97. The van der Waals surface area contributed by atoms with Gasteiger partial charge in [-0.15, -0.1) is 0 Å². The molecule has 9 nitrogen and oxygen atoms in total. The molecule has 0 aliphatic heterocycles. The van der Waals surface area contributed by atoms with E-state index in [1.54, 1.807) is 25.1 Å². The number of anilines is 1. The first kappa shape index (κ1) is 16.7. The second-order valence-electron chi connectivity index (χ2n) is 5.68. The predicted octanol–water partition coefficient (Wildman–Crippen LogP) is 2.37. The summed E-state index contributed by atoms with van der Waals surface area (Å²) in [5.74, 6) is 0.566. The van der Waals surface area contributed by atoms with Gasteiger partial charge in [-0.2, -0.15) is 14.9 Å². The van der Waals surface area contributed by atoms with Gasteiger partial charge in [0.05, 0.1) is 23.0 Å². The smallest absolute Gasteiger partial charge is 0.263 e. The third-order valence-corrected chi connectivity index (χ3v) is 5.19. The highest BCUT2D eigenvalue weighted by atomic mass is 32.2. The quantitative estimate of drug-likeness (QED) is 0.576. The van der Waals surface area contributed by atoms with Crippen LogP contribution in [0.25, 0.3) is 17.0 Å². The van der Waals surface area contributed by atoms with E-state index < -0.39 is 10.0 Å². The maximum atomic E-state index is 12.8. The Morgan fingerprint density at radius 3 is 2.67 bits per heavy atom. The molecule has 0 saturated heterocycles. The van der Waals surface area contributed by atoms with E-state index in [1.807, 2.05) is 6.07 Å². The van der Waals surface area contributed by atoms with Gasteiger partial charge in [0, 0.05) is 11.6 Å². The number of fused-ring (bicyclic) bond motifs is 1. The van der Waals surface area contributed by atoms with Crippen molar-refractivity contribution in [2.24, 2.45) is 0 Å². The van der Waals surface area contributed by atoms with E-state index in [9.17, 15) is 13.7 Å². The summed E-state index contributed by atoms with van der Waals surface area (Å²) in [6.45, 7) is 1.75. The lowest BCUT2D eigenvalue weighted by molar-refractivity contribution is 0.572. The molecule has 134 valence electrons. The largest absolute Gasteiger partial charge is 0.444 e. The number of hydrogen-bond acceptors (Lipinski definition) is 7. The zero-order chi connectivity index (χ0) is 19.0. The fourth-order valence-corrected chi connectivity index (χ4v) is 3.63. The highest BCUT2D eigenvalue weighted by Crippen LogP contribution is 2.24. The first-order valence-electron chi connectivity index (χ1n) is 7.75. The van der Waals surface area contributed by atoms with Crippen LogP contribution in [0.2, 0.25) is 0 Å². The fourth-order valence-electron chi connectivity index (χ4n) is 2.57. The van der Waals surface area contributed by atoms with E-state index in [1.165, 1.54) is 35.4 Å². The molecule has 4 aromatic rings. The summed E-state index contributed by atoms with van der Waals surface area (Å²) in [7, 11) is -3.95. The summed E-state index contributed by atoms with van der Waals surface area (Å²) in [5.41, 5.74) is 1.84. The molecule has 27 heavy (non-hydrogen) atoms. The molecule has 0 bridgehead atoms. The Bertz CT molecular complexity index is 1270. The topological polar surface area (TPSA) is 126 Å². The van der Waals surface area contributed by atoms with Crippen molar-refractivity contribution in [2.45, 2.75) is 11.8 Å². The zero-order valence-corrected chi connectivity index (χ0v) is 14.8. The Kier molecular flexibility index (Phi) is 3.86. The van der Waals surface area contributed by atoms with Gasteiger partial charge in [0.2, 0.25) is 0 Å². The van der Waals surface area contributed by atoms with Crippen LogP contribution in [0.4, 0.5) is 5.82 Å². The van der Waals surface area contributed by atoms with E-state index in [0.29, 0.717) is 22.7 Å². The van der Waals surface area contributed by atoms with Gasteiger partial charge in [0.1, 0.15) is 11.6 Å². The Morgan fingerprint density at radius 1 is 1.22 bits per heavy atom. The number of nitrogens with zero attached hydrogens (tertiary/aromatic N) is 5. The maximum Gasteiger partial charge on any atom is 0.263 e. The van der Waals surface area contributed by atoms with E-state index in [0.717, 1.165) is 0 Å². The van der Waals surface area contributed by atoms with Crippen LogP contribution in [0.3, 0.4) is 0 Å². The lowest BCUT2D eigenvalue weighted by Gasteiger charge is -2.11. The van der Waals surface area contributed by atoms with Crippen molar-refractivity contribution < 1.29 is 12.8 Å². The van der Waals surface area contributed by atoms with Crippen molar-refractivity contribution in [1.82, 2.24) is 19.6 Å². The number of aromatic nitrogens is 4. The van der Waals surface area contributed by atoms with Crippen LogP contribution in [-0.4, -0.2) is 28.0 Å².